The van der Waals surface area contributed by atoms with Crippen LogP contribution in [0, 0.1) is 0 Å². The fourth-order valence-corrected chi connectivity index (χ4v) is 0.424. The van der Waals surface area contributed by atoms with Crippen molar-refractivity contribution in [1.29, 1.82) is 0 Å². The van der Waals surface area contributed by atoms with Crippen molar-refractivity contribution in [3.63, 3.8) is 0 Å². The Hall–Kier alpha value is -1.18. The van der Waals surface area contributed by atoms with Crippen LogP contribution in [-0.2, 0) is 0 Å². The average Bonchev–Trinajstić information content (AvgIpc) is 1.85. The predicted molar refractivity (Wildman–Crippen MR) is 45.3 cm³/mol. The molecule has 0 aliphatic carbocycles. The number of hydrogen-bond donors (Lipinski definition) is 1. The normalized spacial score (nSPS) is 11.0. The maximum atomic E-state index is 5.15. The van der Waals surface area contributed by atoms with Gasteiger partial charge in [-0.1, -0.05) is 6.58 Å². The third-order valence-corrected chi connectivity index (χ3v) is 0.897. The van der Waals surface area contributed by atoms with E-state index in [1.54, 1.807) is 6.08 Å². The van der Waals surface area contributed by atoms with Gasteiger partial charge in [0.2, 0.25) is 0 Å². The first-order chi connectivity index (χ1) is 4.66. The molecule has 0 saturated heterocycles. The Balaban J connectivity index is 3.78. The van der Waals surface area contributed by atoms with E-state index < -0.39 is 0 Å². The van der Waals surface area contributed by atoms with E-state index in [4.69, 9.17) is 5.73 Å². The van der Waals surface area contributed by atoms with Gasteiger partial charge in [-0.3, -0.25) is 0 Å². The van der Waals surface area contributed by atoms with Gasteiger partial charge in [-0.2, -0.15) is 0 Å². The van der Waals surface area contributed by atoms with Gasteiger partial charge in [0.15, 0.2) is 0 Å². The molecule has 0 rings (SSSR count). The van der Waals surface area contributed by atoms with Gasteiger partial charge in [0.25, 0.3) is 0 Å². The Morgan fingerprint density at radius 2 is 2.00 bits per heavy atom. The van der Waals surface area contributed by atoms with Crippen LogP contribution in [0.2, 0.25) is 0 Å². The van der Waals surface area contributed by atoms with Gasteiger partial charge in [-0.05, 0) is 30.1 Å². The minimum atomic E-state index is 0.899. The summed E-state index contributed by atoms with van der Waals surface area (Å²) in [6.45, 7) is 3.74. The van der Waals surface area contributed by atoms with Crippen LogP contribution < -0.4 is 5.73 Å². The molecule has 0 saturated carbocycles. The highest BCUT2D eigenvalue weighted by Crippen LogP contribution is 1.93. The predicted octanol–water partition coefficient (Wildman–Crippen LogP) is 1.09. The van der Waals surface area contributed by atoms with Crippen LogP contribution >= 0.6 is 0 Å². The van der Waals surface area contributed by atoms with E-state index in [9.17, 15) is 0 Å². The van der Waals surface area contributed by atoms with Crippen molar-refractivity contribution >= 4 is 0 Å². The van der Waals surface area contributed by atoms with E-state index in [-0.39, 0.29) is 0 Å². The van der Waals surface area contributed by atoms with Crippen LogP contribution in [0.3, 0.4) is 0 Å². The molecule has 0 spiro atoms. The Labute approximate surface area is 62.3 Å². The van der Waals surface area contributed by atoms with Crippen molar-refractivity contribution in [2.75, 3.05) is 14.1 Å². The van der Waals surface area contributed by atoms with E-state index in [1.165, 1.54) is 6.20 Å². The quantitative estimate of drug-likeness (QED) is 0.591. The topological polar surface area (TPSA) is 29.3 Å². The maximum Gasteiger partial charge on any atom is 0.00556 e. The Bertz CT molecular complexity index is 155. The Morgan fingerprint density at radius 3 is 2.40 bits per heavy atom. The fraction of sp³-hybridized carbons (Fsp3) is 0.250. The first-order valence-electron chi connectivity index (χ1n) is 3.08. The summed E-state index contributed by atoms with van der Waals surface area (Å²) in [4.78, 5) is 1.94. The zero-order valence-electron chi connectivity index (χ0n) is 6.54. The summed E-state index contributed by atoms with van der Waals surface area (Å²) in [5.41, 5.74) is 6.05. The maximum absolute atomic E-state index is 5.15. The molecule has 0 aromatic carbocycles. The van der Waals surface area contributed by atoms with Crippen LogP contribution in [0.5, 0.6) is 0 Å². The molecule has 0 amide bonds. The molecule has 0 aliphatic rings. The van der Waals surface area contributed by atoms with Crippen LogP contribution in [-0.4, -0.2) is 19.0 Å². The summed E-state index contributed by atoms with van der Waals surface area (Å²) in [5.74, 6) is 0. The van der Waals surface area contributed by atoms with Gasteiger partial charge in [-0.25, -0.2) is 0 Å². The Morgan fingerprint density at radius 1 is 1.40 bits per heavy atom. The molecule has 2 heteroatoms. The number of allylic oxidation sites excluding steroid dienone is 3. The van der Waals surface area contributed by atoms with E-state index in [2.05, 4.69) is 6.58 Å². The second-order valence-corrected chi connectivity index (χ2v) is 2.21. The lowest BCUT2D eigenvalue weighted by Crippen LogP contribution is -1.99. The third kappa shape index (κ3) is 4.97. The number of hydrogen-bond acceptors (Lipinski definition) is 2. The molecule has 0 aliphatic heterocycles. The van der Waals surface area contributed by atoms with E-state index in [1.807, 2.05) is 31.3 Å². The van der Waals surface area contributed by atoms with E-state index in [0.29, 0.717) is 0 Å². The van der Waals surface area contributed by atoms with Crippen molar-refractivity contribution in [3.8, 4) is 0 Å². The first kappa shape index (κ1) is 8.82. The zero-order valence-corrected chi connectivity index (χ0v) is 6.54. The van der Waals surface area contributed by atoms with Gasteiger partial charge >= 0.3 is 0 Å². The highest BCUT2D eigenvalue weighted by Gasteiger charge is 1.78. The largest absolute Gasteiger partial charge is 0.405 e. The highest BCUT2D eigenvalue weighted by molar-refractivity contribution is 5.26. The van der Waals surface area contributed by atoms with Gasteiger partial charge in [-0.15, -0.1) is 0 Å². The summed E-state index contributed by atoms with van der Waals surface area (Å²) in [7, 11) is 3.91. The molecular weight excluding hydrogens is 124 g/mol. The van der Waals surface area contributed by atoms with Crippen molar-refractivity contribution in [2.45, 2.75) is 0 Å². The third-order valence-electron chi connectivity index (χ3n) is 0.897. The Kier molecular flexibility index (Phi) is 4.12. The van der Waals surface area contributed by atoms with Crippen molar-refractivity contribution in [2.24, 2.45) is 5.73 Å². The molecule has 0 aromatic rings. The van der Waals surface area contributed by atoms with Gasteiger partial charge < -0.3 is 10.6 Å². The summed E-state index contributed by atoms with van der Waals surface area (Å²) in [5, 5.41) is 0. The summed E-state index contributed by atoms with van der Waals surface area (Å²) >= 11 is 0. The molecule has 10 heavy (non-hydrogen) atoms. The standard InChI is InChI=1S/C8H14N2/c1-8(4-6-9)5-7-10(2)3/h4-7H,1,9H2,2-3H3/b6-4-,7-5+. The van der Waals surface area contributed by atoms with Gasteiger partial charge in [0.05, 0.1) is 0 Å². The molecule has 2 N–H and O–H groups in total. The fourth-order valence-electron chi connectivity index (χ4n) is 0.424. The van der Waals surface area contributed by atoms with Crippen molar-refractivity contribution in [1.82, 2.24) is 4.90 Å². The molecular formula is C8H14N2. The molecule has 0 atom stereocenters. The second-order valence-electron chi connectivity index (χ2n) is 2.21. The summed E-state index contributed by atoms with van der Waals surface area (Å²) in [6, 6.07) is 0. The van der Waals surface area contributed by atoms with Crippen LogP contribution in [0.1, 0.15) is 0 Å². The number of rotatable bonds is 3. The molecule has 0 radical (unpaired) electrons. The second kappa shape index (κ2) is 4.68. The number of nitrogens with zero attached hydrogens (tertiary/aromatic N) is 1. The van der Waals surface area contributed by atoms with E-state index >= 15 is 0 Å². The molecule has 2 nitrogen and oxygen atoms in total. The SMILES string of the molecule is C=C(/C=C\N)/C=C/N(C)C. The molecule has 0 unspecified atom stereocenters. The lowest BCUT2D eigenvalue weighted by Gasteiger charge is -2.02. The van der Waals surface area contributed by atoms with Crippen LogP contribution in [0.25, 0.3) is 0 Å². The van der Waals surface area contributed by atoms with Crippen LogP contribution in [0.15, 0.2) is 36.7 Å². The molecule has 56 valence electrons. The summed E-state index contributed by atoms with van der Waals surface area (Å²) < 4.78 is 0. The molecule has 0 bridgehead atoms. The minimum absolute atomic E-state index is 0.899. The average molecular weight is 138 g/mol. The van der Waals surface area contributed by atoms with E-state index in [0.717, 1.165) is 5.57 Å². The van der Waals surface area contributed by atoms with Crippen LogP contribution in [0.4, 0.5) is 0 Å². The van der Waals surface area contributed by atoms with Crippen molar-refractivity contribution in [3.05, 3.63) is 36.7 Å². The zero-order chi connectivity index (χ0) is 7.98. The van der Waals surface area contributed by atoms with Gasteiger partial charge in [0.1, 0.15) is 0 Å². The van der Waals surface area contributed by atoms with Gasteiger partial charge in [0, 0.05) is 14.1 Å². The monoisotopic (exact) mass is 138 g/mol. The minimum Gasteiger partial charge on any atom is -0.405 e. The molecule has 0 fully saturated rings. The lowest BCUT2D eigenvalue weighted by molar-refractivity contribution is 0.563. The lowest BCUT2D eigenvalue weighted by atomic mass is 10.3. The summed E-state index contributed by atoms with van der Waals surface area (Å²) in [6.07, 6.45) is 7.04. The first-order valence-corrected chi connectivity index (χ1v) is 3.08. The number of nitrogens with two attached hydrogens (primary N) is 1. The molecule has 0 heterocycles. The molecule has 0 aromatic heterocycles. The van der Waals surface area contributed by atoms with Crippen molar-refractivity contribution < 1.29 is 0 Å². The smallest absolute Gasteiger partial charge is 0.00556 e. The highest BCUT2D eigenvalue weighted by atomic mass is 15.0.